The van der Waals surface area contributed by atoms with Gasteiger partial charge in [-0.05, 0) is 50.6 Å². The fourth-order valence-electron chi connectivity index (χ4n) is 2.81. The molecule has 0 saturated carbocycles. The van der Waals surface area contributed by atoms with E-state index in [4.69, 9.17) is 4.74 Å². The van der Waals surface area contributed by atoms with Crippen LogP contribution in [-0.4, -0.2) is 49.0 Å². The lowest BCUT2D eigenvalue weighted by molar-refractivity contribution is -0.120. The molecule has 6 heteroatoms. The molecular formula is C17H25N3O3. The fourth-order valence-corrected chi connectivity index (χ4v) is 2.81. The predicted octanol–water partition coefficient (Wildman–Crippen LogP) is 1.62. The van der Waals surface area contributed by atoms with Gasteiger partial charge < -0.3 is 15.4 Å². The molecule has 0 spiro atoms. The summed E-state index contributed by atoms with van der Waals surface area (Å²) in [5.41, 5.74) is 0.758. The van der Waals surface area contributed by atoms with Crippen molar-refractivity contribution in [2.75, 3.05) is 31.6 Å². The highest BCUT2D eigenvalue weighted by Gasteiger charge is 2.22. The zero-order chi connectivity index (χ0) is 16.7. The highest BCUT2D eigenvalue weighted by molar-refractivity contribution is 5.92. The number of benzene rings is 1. The van der Waals surface area contributed by atoms with Crippen molar-refractivity contribution in [1.82, 2.24) is 10.2 Å². The standard InChI is InChI=1S/C17H25N3O3/c1-3-23-16-8-6-14(7-9-16)19-17(22)12-20-10-4-5-15(11-20)18-13(2)21/h6-9,15H,3-5,10-12H2,1-2H3,(H,18,21)(H,19,22). The van der Waals surface area contributed by atoms with Crippen molar-refractivity contribution in [1.29, 1.82) is 0 Å². The van der Waals surface area contributed by atoms with Crippen molar-refractivity contribution in [3.05, 3.63) is 24.3 Å². The number of hydrogen-bond acceptors (Lipinski definition) is 4. The van der Waals surface area contributed by atoms with Crippen molar-refractivity contribution >= 4 is 17.5 Å². The smallest absolute Gasteiger partial charge is 0.238 e. The first kappa shape index (κ1) is 17.3. The van der Waals surface area contributed by atoms with Crippen LogP contribution in [0.1, 0.15) is 26.7 Å². The minimum Gasteiger partial charge on any atom is -0.494 e. The monoisotopic (exact) mass is 319 g/mol. The van der Waals surface area contributed by atoms with Crippen LogP contribution in [0.25, 0.3) is 0 Å². The van der Waals surface area contributed by atoms with Gasteiger partial charge in [0.25, 0.3) is 0 Å². The van der Waals surface area contributed by atoms with Gasteiger partial charge in [0.15, 0.2) is 0 Å². The minimum absolute atomic E-state index is 0.0179. The van der Waals surface area contributed by atoms with Gasteiger partial charge in [0.2, 0.25) is 11.8 Å². The van der Waals surface area contributed by atoms with Crippen molar-refractivity contribution in [3.63, 3.8) is 0 Å². The summed E-state index contributed by atoms with van der Waals surface area (Å²) in [5, 5.41) is 5.82. The molecule has 1 saturated heterocycles. The number of ether oxygens (including phenoxy) is 1. The number of likely N-dealkylation sites (tertiary alicyclic amines) is 1. The van der Waals surface area contributed by atoms with E-state index in [1.54, 1.807) is 0 Å². The summed E-state index contributed by atoms with van der Waals surface area (Å²) in [5.74, 6) is 0.730. The normalized spacial score (nSPS) is 18.3. The second-order valence-corrected chi connectivity index (χ2v) is 5.78. The van der Waals surface area contributed by atoms with E-state index < -0.39 is 0 Å². The van der Waals surface area contributed by atoms with Crippen LogP contribution in [0.3, 0.4) is 0 Å². The first-order valence-corrected chi connectivity index (χ1v) is 8.09. The summed E-state index contributed by atoms with van der Waals surface area (Å²) in [6.07, 6.45) is 1.96. The molecule has 2 rings (SSSR count). The Labute approximate surface area is 137 Å². The van der Waals surface area contributed by atoms with E-state index in [-0.39, 0.29) is 17.9 Å². The van der Waals surface area contributed by atoms with Crippen molar-refractivity contribution in [2.45, 2.75) is 32.7 Å². The van der Waals surface area contributed by atoms with Crippen LogP contribution in [0.4, 0.5) is 5.69 Å². The summed E-state index contributed by atoms with van der Waals surface area (Å²) in [4.78, 5) is 25.4. The third-order valence-corrected chi connectivity index (χ3v) is 3.73. The summed E-state index contributed by atoms with van der Waals surface area (Å²) >= 11 is 0. The number of piperidine rings is 1. The first-order valence-electron chi connectivity index (χ1n) is 8.09. The van der Waals surface area contributed by atoms with Gasteiger partial charge in [-0.2, -0.15) is 0 Å². The molecule has 1 aliphatic rings. The number of hydrogen-bond donors (Lipinski definition) is 2. The van der Waals surface area contributed by atoms with Crippen LogP contribution < -0.4 is 15.4 Å². The Hall–Kier alpha value is -2.08. The zero-order valence-corrected chi connectivity index (χ0v) is 13.8. The minimum atomic E-state index is -0.0439. The molecule has 2 N–H and O–H groups in total. The summed E-state index contributed by atoms with van der Waals surface area (Å²) in [6, 6.07) is 7.48. The molecule has 1 aromatic carbocycles. The molecule has 1 aliphatic heterocycles. The highest BCUT2D eigenvalue weighted by atomic mass is 16.5. The molecule has 0 aliphatic carbocycles. The number of rotatable bonds is 6. The number of anilines is 1. The maximum Gasteiger partial charge on any atom is 0.238 e. The van der Waals surface area contributed by atoms with Gasteiger partial charge in [-0.15, -0.1) is 0 Å². The quantitative estimate of drug-likeness (QED) is 0.836. The number of carbonyl (C=O) groups excluding carboxylic acids is 2. The van der Waals surface area contributed by atoms with Crippen molar-refractivity contribution in [2.24, 2.45) is 0 Å². The third kappa shape index (κ3) is 5.90. The van der Waals surface area contributed by atoms with Crippen molar-refractivity contribution in [3.8, 4) is 5.75 Å². The Morgan fingerprint density at radius 2 is 2.04 bits per heavy atom. The van der Waals surface area contributed by atoms with Crippen molar-refractivity contribution < 1.29 is 14.3 Å². The molecular weight excluding hydrogens is 294 g/mol. The van der Waals surface area contributed by atoms with E-state index >= 15 is 0 Å². The molecule has 1 heterocycles. The van der Waals surface area contributed by atoms with E-state index in [2.05, 4.69) is 15.5 Å². The molecule has 0 bridgehead atoms. The SMILES string of the molecule is CCOc1ccc(NC(=O)CN2CCCC(NC(C)=O)C2)cc1. The summed E-state index contributed by atoms with van der Waals surface area (Å²) in [7, 11) is 0. The molecule has 0 radical (unpaired) electrons. The van der Waals surface area contributed by atoms with Crippen LogP contribution in [0.2, 0.25) is 0 Å². The molecule has 1 aromatic rings. The fraction of sp³-hybridized carbons (Fsp3) is 0.529. The lowest BCUT2D eigenvalue weighted by Crippen LogP contribution is -2.49. The zero-order valence-electron chi connectivity index (χ0n) is 13.8. The molecule has 1 fully saturated rings. The second kappa shape index (κ2) is 8.53. The Bertz CT molecular complexity index is 530. The number of amides is 2. The number of nitrogens with zero attached hydrogens (tertiary/aromatic N) is 1. The average molecular weight is 319 g/mol. The van der Waals surface area contributed by atoms with E-state index in [0.29, 0.717) is 13.2 Å². The van der Waals surface area contributed by atoms with Crippen LogP contribution in [-0.2, 0) is 9.59 Å². The lowest BCUT2D eigenvalue weighted by Gasteiger charge is -2.32. The van der Waals surface area contributed by atoms with Gasteiger partial charge in [-0.1, -0.05) is 0 Å². The van der Waals surface area contributed by atoms with Crippen LogP contribution in [0.15, 0.2) is 24.3 Å². The molecule has 23 heavy (non-hydrogen) atoms. The van der Waals surface area contributed by atoms with Gasteiger partial charge in [-0.25, -0.2) is 0 Å². The van der Waals surface area contributed by atoms with Gasteiger partial charge >= 0.3 is 0 Å². The number of carbonyl (C=O) groups is 2. The van der Waals surface area contributed by atoms with E-state index in [1.165, 1.54) is 6.92 Å². The van der Waals surface area contributed by atoms with Gasteiger partial charge in [0, 0.05) is 25.2 Å². The molecule has 1 atom stereocenters. The maximum absolute atomic E-state index is 12.1. The predicted molar refractivity (Wildman–Crippen MR) is 89.5 cm³/mol. The largest absolute Gasteiger partial charge is 0.494 e. The van der Waals surface area contributed by atoms with Crippen LogP contribution in [0.5, 0.6) is 5.75 Å². The summed E-state index contributed by atoms with van der Waals surface area (Å²) < 4.78 is 5.38. The first-order chi connectivity index (χ1) is 11.1. The third-order valence-electron chi connectivity index (χ3n) is 3.73. The number of nitrogens with one attached hydrogen (secondary N) is 2. The molecule has 6 nitrogen and oxygen atoms in total. The lowest BCUT2D eigenvalue weighted by atomic mass is 10.1. The summed E-state index contributed by atoms with van der Waals surface area (Å²) in [6.45, 7) is 6.02. The van der Waals surface area contributed by atoms with Gasteiger partial charge in [0.1, 0.15) is 5.75 Å². The second-order valence-electron chi connectivity index (χ2n) is 5.78. The Balaban J connectivity index is 1.80. The van der Waals surface area contributed by atoms with E-state index in [9.17, 15) is 9.59 Å². The highest BCUT2D eigenvalue weighted by Crippen LogP contribution is 2.16. The van der Waals surface area contributed by atoms with Gasteiger partial charge in [0.05, 0.1) is 13.2 Å². The van der Waals surface area contributed by atoms with E-state index in [1.807, 2.05) is 31.2 Å². The molecule has 2 amide bonds. The van der Waals surface area contributed by atoms with Gasteiger partial charge in [-0.3, -0.25) is 14.5 Å². The Kier molecular flexibility index (Phi) is 6.40. The Morgan fingerprint density at radius 1 is 1.30 bits per heavy atom. The van der Waals surface area contributed by atoms with E-state index in [0.717, 1.165) is 37.4 Å². The molecule has 1 unspecified atom stereocenters. The maximum atomic E-state index is 12.1. The van der Waals surface area contributed by atoms with Crippen LogP contribution >= 0.6 is 0 Å². The van der Waals surface area contributed by atoms with Crippen LogP contribution in [0, 0.1) is 0 Å². The topological polar surface area (TPSA) is 70.7 Å². The average Bonchev–Trinajstić information content (AvgIpc) is 2.49. The molecule has 0 aromatic heterocycles. The Morgan fingerprint density at radius 3 is 2.70 bits per heavy atom. The molecule has 126 valence electrons.